The number of thioether (sulfide) groups is 1. The maximum Gasteiger partial charge on any atom is 0.316 e. The van der Waals surface area contributed by atoms with Crippen molar-refractivity contribution in [1.29, 1.82) is 0 Å². The molecule has 26 heavy (non-hydrogen) atoms. The van der Waals surface area contributed by atoms with E-state index in [4.69, 9.17) is 0 Å². The van der Waals surface area contributed by atoms with Gasteiger partial charge < -0.3 is 5.11 Å². The second-order valence-electron chi connectivity index (χ2n) is 9.97. The van der Waals surface area contributed by atoms with E-state index in [1.807, 2.05) is 6.92 Å². The van der Waals surface area contributed by atoms with Gasteiger partial charge in [-0.1, -0.05) is 66.2 Å². The monoisotopic (exact) mass is 376 g/mol. The molecule has 2 nitrogen and oxygen atoms in total. The first-order chi connectivity index (χ1) is 11.9. The van der Waals surface area contributed by atoms with Gasteiger partial charge in [0.25, 0.3) is 0 Å². The maximum absolute atomic E-state index is 11.2. The van der Waals surface area contributed by atoms with Crippen molar-refractivity contribution in [3.05, 3.63) is 34.9 Å². The summed E-state index contributed by atoms with van der Waals surface area (Å²) in [6, 6.07) is 7.14. The van der Waals surface area contributed by atoms with E-state index < -0.39 is 5.97 Å². The largest absolute Gasteiger partial charge is 0.480 e. The molecule has 146 valence electrons. The van der Waals surface area contributed by atoms with E-state index in [0.717, 1.165) is 12.8 Å². The van der Waals surface area contributed by atoms with Crippen LogP contribution < -0.4 is 0 Å². The van der Waals surface area contributed by atoms with Crippen LogP contribution in [0.4, 0.5) is 0 Å². The lowest BCUT2D eigenvalue weighted by Crippen LogP contribution is -2.22. The Bertz CT molecular complexity index is 604. The van der Waals surface area contributed by atoms with Gasteiger partial charge in [0.2, 0.25) is 0 Å². The third-order valence-corrected chi connectivity index (χ3v) is 7.12. The molecule has 1 saturated carbocycles. The smallest absolute Gasteiger partial charge is 0.316 e. The van der Waals surface area contributed by atoms with E-state index in [0.29, 0.717) is 11.2 Å². The molecule has 0 heterocycles. The van der Waals surface area contributed by atoms with Crippen LogP contribution in [0.5, 0.6) is 0 Å². The second-order valence-corrected chi connectivity index (χ2v) is 11.6. The van der Waals surface area contributed by atoms with Gasteiger partial charge >= 0.3 is 5.97 Å². The van der Waals surface area contributed by atoms with E-state index in [1.54, 1.807) is 11.8 Å². The molecule has 1 fully saturated rings. The van der Waals surface area contributed by atoms with Gasteiger partial charge in [0.15, 0.2) is 0 Å². The molecule has 0 aromatic heterocycles. The van der Waals surface area contributed by atoms with Gasteiger partial charge in [-0.15, -0.1) is 11.8 Å². The van der Waals surface area contributed by atoms with Crippen molar-refractivity contribution in [3.8, 4) is 0 Å². The number of aliphatic carboxylic acids is 1. The first-order valence-electron chi connectivity index (χ1n) is 9.91. The van der Waals surface area contributed by atoms with E-state index >= 15 is 0 Å². The molecule has 1 aliphatic carbocycles. The number of carbonyl (C=O) groups is 1. The topological polar surface area (TPSA) is 37.3 Å². The number of hydrogen-bond acceptors (Lipinski definition) is 2. The molecule has 1 unspecified atom stereocenters. The van der Waals surface area contributed by atoms with Gasteiger partial charge in [-0.2, -0.15) is 0 Å². The molecular weight excluding hydrogens is 340 g/mol. The highest BCUT2D eigenvalue weighted by Crippen LogP contribution is 2.40. The predicted molar refractivity (Wildman–Crippen MR) is 113 cm³/mol. The summed E-state index contributed by atoms with van der Waals surface area (Å²) in [5, 5.41) is 9.41. The highest BCUT2D eigenvalue weighted by Gasteiger charge is 2.31. The normalized spacial score (nSPS) is 22.4. The number of hydrogen-bond donors (Lipinski definition) is 1. The SMILES string of the molecule is CC(S[C@@H]1CCC[C@H]1Cc1cc(C(C)(C)C)cc(C(C)(C)C)c1)C(=O)O. The molecule has 1 aromatic rings. The Labute approximate surface area is 164 Å². The van der Waals surface area contributed by atoms with Crippen LogP contribution in [0.25, 0.3) is 0 Å². The zero-order chi connectivity index (χ0) is 19.7. The summed E-state index contributed by atoms with van der Waals surface area (Å²) in [6.07, 6.45) is 4.66. The van der Waals surface area contributed by atoms with Gasteiger partial charge in [0, 0.05) is 5.25 Å². The molecule has 0 radical (unpaired) electrons. The van der Waals surface area contributed by atoms with Gasteiger partial charge in [0.1, 0.15) is 0 Å². The van der Waals surface area contributed by atoms with E-state index in [-0.39, 0.29) is 16.1 Å². The quantitative estimate of drug-likeness (QED) is 0.665. The van der Waals surface area contributed by atoms with Gasteiger partial charge in [0.05, 0.1) is 5.25 Å². The summed E-state index contributed by atoms with van der Waals surface area (Å²) < 4.78 is 0. The van der Waals surface area contributed by atoms with Crippen LogP contribution in [-0.2, 0) is 22.0 Å². The van der Waals surface area contributed by atoms with Crippen LogP contribution in [-0.4, -0.2) is 21.6 Å². The van der Waals surface area contributed by atoms with Crippen molar-refractivity contribution >= 4 is 17.7 Å². The van der Waals surface area contributed by atoms with Crippen molar-refractivity contribution in [1.82, 2.24) is 0 Å². The highest BCUT2D eigenvalue weighted by molar-refractivity contribution is 8.01. The van der Waals surface area contributed by atoms with Crippen LogP contribution in [0.3, 0.4) is 0 Å². The molecule has 3 atom stereocenters. The third-order valence-electron chi connectivity index (χ3n) is 5.54. The molecule has 1 N–H and O–H groups in total. The first kappa shape index (κ1) is 21.3. The summed E-state index contributed by atoms with van der Waals surface area (Å²) in [5.41, 5.74) is 4.50. The Hall–Kier alpha value is -0.960. The molecule has 0 bridgehead atoms. The number of benzene rings is 1. The molecule has 1 aromatic carbocycles. The molecule has 0 spiro atoms. The van der Waals surface area contributed by atoms with Crippen LogP contribution in [0, 0.1) is 5.92 Å². The second kappa shape index (κ2) is 7.96. The lowest BCUT2D eigenvalue weighted by molar-refractivity contribution is -0.136. The number of carboxylic acid groups (broad SMARTS) is 1. The zero-order valence-electron chi connectivity index (χ0n) is 17.6. The molecule has 1 aliphatic rings. The van der Waals surface area contributed by atoms with Crippen LogP contribution in [0.15, 0.2) is 18.2 Å². The summed E-state index contributed by atoms with van der Waals surface area (Å²) in [4.78, 5) is 11.2. The van der Waals surface area contributed by atoms with Gasteiger partial charge in [-0.05, 0) is 59.6 Å². The summed E-state index contributed by atoms with van der Waals surface area (Å²) in [7, 11) is 0. The standard InChI is InChI=1S/C23H36O2S/c1-15(21(24)25)26-20-10-8-9-17(20)11-16-12-18(22(2,3)4)14-19(13-16)23(5,6)7/h12-15,17,20H,8-11H2,1-7H3,(H,24,25)/t15?,17-,20+/m0/s1. The van der Waals surface area contributed by atoms with Crippen molar-refractivity contribution in [3.63, 3.8) is 0 Å². The maximum atomic E-state index is 11.2. The van der Waals surface area contributed by atoms with E-state index in [2.05, 4.69) is 59.7 Å². The third kappa shape index (κ3) is 5.52. The Balaban J connectivity index is 2.26. The average molecular weight is 377 g/mol. The minimum Gasteiger partial charge on any atom is -0.480 e. The average Bonchev–Trinajstić information content (AvgIpc) is 2.92. The Kier molecular flexibility index (Phi) is 6.53. The van der Waals surface area contributed by atoms with Gasteiger partial charge in [-0.3, -0.25) is 4.79 Å². The fourth-order valence-corrected chi connectivity index (χ4v) is 5.11. The molecule has 0 amide bonds. The highest BCUT2D eigenvalue weighted by atomic mass is 32.2. The molecule has 3 heteroatoms. The van der Waals surface area contributed by atoms with Crippen molar-refractivity contribution in [2.75, 3.05) is 0 Å². The fourth-order valence-electron chi connectivity index (χ4n) is 3.71. The fraction of sp³-hybridized carbons (Fsp3) is 0.696. The van der Waals surface area contributed by atoms with E-state index in [1.165, 1.54) is 29.5 Å². The zero-order valence-corrected chi connectivity index (χ0v) is 18.4. The van der Waals surface area contributed by atoms with Crippen molar-refractivity contribution in [2.45, 2.75) is 95.5 Å². The van der Waals surface area contributed by atoms with Crippen LogP contribution in [0.1, 0.15) is 84.4 Å². The van der Waals surface area contributed by atoms with Crippen molar-refractivity contribution in [2.24, 2.45) is 5.92 Å². The lowest BCUT2D eigenvalue weighted by Gasteiger charge is -2.27. The van der Waals surface area contributed by atoms with Crippen LogP contribution >= 0.6 is 11.8 Å². The van der Waals surface area contributed by atoms with Crippen molar-refractivity contribution < 1.29 is 9.90 Å². The Morgan fingerprint density at radius 2 is 1.62 bits per heavy atom. The number of rotatable bonds is 5. The number of carboxylic acids is 1. The predicted octanol–water partition coefficient (Wildman–Crippen LogP) is 6.20. The van der Waals surface area contributed by atoms with Gasteiger partial charge in [-0.25, -0.2) is 0 Å². The lowest BCUT2D eigenvalue weighted by atomic mass is 9.78. The Morgan fingerprint density at radius 1 is 1.08 bits per heavy atom. The summed E-state index contributed by atoms with van der Waals surface area (Å²) in [6.45, 7) is 15.5. The summed E-state index contributed by atoms with van der Waals surface area (Å²) >= 11 is 1.66. The minimum absolute atomic E-state index is 0.137. The molecule has 2 rings (SSSR count). The summed E-state index contributed by atoms with van der Waals surface area (Å²) in [5.74, 6) is -0.102. The molecular formula is C23H36O2S. The molecule has 0 saturated heterocycles. The Morgan fingerprint density at radius 3 is 2.08 bits per heavy atom. The van der Waals surface area contributed by atoms with E-state index in [9.17, 15) is 9.90 Å². The molecule has 0 aliphatic heterocycles. The minimum atomic E-state index is -0.689. The van der Waals surface area contributed by atoms with Crippen LogP contribution in [0.2, 0.25) is 0 Å². The first-order valence-corrected chi connectivity index (χ1v) is 10.9.